The molecule has 2 nitrogen and oxygen atoms in total. The number of anilines is 1. The molecule has 2 unspecified atom stereocenters. The van der Waals surface area contributed by atoms with Crippen molar-refractivity contribution in [2.24, 2.45) is 17.6 Å². The Hall–Kier alpha value is -1.02. The van der Waals surface area contributed by atoms with E-state index in [9.17, 15) is 0 Å². The van der Waals surface area contributed by atoms with Gasteiger partial charge in [0.05, 0.1) is 0 Å². The molecule has 0 radical (unpaired) electrons. The lowest BCUT2D eigenvalue weighted by Gasteiger charge is -2.22. The molecular formula is C15H22N2. The molecule has 1 aliphatic carbocycles. The average molecular weight is 230 g/mol. The topological polar surface area (TPSA) is 29.3 Å². The highest BCUT2D eigenvalue weighted by Crippen LogP contribution is 2.40. The van der Waals surface area contributed by atoms with Gasteiger partial charge in [0.25, 0.3) is 0 Å². The third-order valence-corrected chi connectivity index (χ3v) is 4.47. The van der Waals surface area contributed by atoms with Crippen molar-refractivity contribution in [3.8, 4) is 0 Å². The van der Waals surface area contributed by atoms with E-state index in [2.05, 4.69) is 29.2 Å². The minimum atomic E-state index is 0.748. The van der Waals surface area contributed by atoms with Crippen molar-refractivity contribution in [3.05, 3.63) is 29.8 Å². The predicted octanol–water partition coefficient (Wildman–Crippen LogP) is 2.42. The molecule has 1 saturated carbocycles. The van der Waals surface area contributed by atoms with Gasteiger partial charge in [-0.15, -0.1) is 0 Å². The molecule has 2 atom stereocenters. The SMILES string of the molecule is NCCc1ccccc1N1CC2CCCC2C1. The van der Waals surface area contributed by atoms with Gasteiger partial charge in [-0.05, 0) is 49.3 Å². The highest BCUT2D eigenvalue weighted by Gasteiger charge is 2.36. The third-order valence-electron chi connectivity index (χ3n) is 4.47. The summed E-state index contributed by atoms with van der Waals surface area (Å²) in [4.78, 5) is 2.60. The molecule has 0 spiro atoms. The second kappa shape index (κ2) is 4.69. The summed E-state index contributed by atoms with van der Waals surface area (Å²) in [5.41, 5.74) is 8.56. The molecule has 17 heavy (non-hydrogen) atoms. The normalized spacial score (nSPS) is 27.5. The number of benzene rings is 1. The molecule has 2 fully saturated rings. The Labute approximate surface area is 104 Å². The van der Waals surface area contributed by atoms with Crippen LogP contribution in [0, 0.1) is 11.8 Å². The number of nitrogens with zero attached hydrogens (tertiary/aromatic N) is 1. The van der Waals surface area contributed by atoms with E-state index >= 15 is 0 Å². The predicted molar refractivity (Wildman–Crippen MR) is 72.2 cm³/mol. The molecule has 1 aromatic carbocycles. The van der Waals surface area contributed by atoms with Gasteiger partial charge in [0.1, 0.15) is 0 Å². The Morgan fingerprint density at radius 2 is 1.82 bits per heavy atom. The molecule has 0 bridgehead atoms. The summed E-state index contributed by atoms with van der Waals surface area (Å²) in [6.07, 6.45) is 5.34. The highest BCUT2D eigenvalue weighted by atomic mass is 15.2. The van der Waals surface area contributed by atoms with Crippen molar-refractivity contribution in [3.63, 3.8) is 0 Å². The lowest BCUT2D eigenvalue weighted by molar-refractivity contribution is 0.494. The zero-order chi connectivity index (χ0) is 11.7. The second-order valence-electron chi connectivity index (χ2n) is 5.52. The maximum atomic E-state index is 5.70. The van der Waals surface area contributed by atoms with Gasteiger partial charge in [0, 0.05) is 18.8 Å². The number of fused-ring (bicyclic) bond motifs is 1. The van der Waals surface area contributed by atoms with Crippen molar-refractivity contribution in [1.82, 2.24) is 0 Å². The first-order chi connectivity index (χ1) is 8.38. The average Bonchev–Trinajstić information content (AvgIpc) is 2.90. The Morgan fingerprint density at radius 3 is 2.53 bits per heavy atom. The molecule has 2 aliphatic rings. The maximum Gasteiger partial charge on any atom is 0.0399 e. The summed E-state index contributed by atoms with van der Waals surface area (Å²) in [6.45, 7) is 3.29. The lowest BCUT2D eigenvalue weighted by Crippen LogP contribution is -2.22. The van der Waals surface area contributed by atoms with Crippen LogP contribution in [0.2, 0.25) is 0 Å². The smallest absolute Gasteiger partial charge is 0.0399 e. The number of para-hydroxylation sites is 1. The molecular weight excluding hydrogens is 208 g/mol. The van der Waals surface area contributed by atoms with E-state index in [1.165, 1.54) is 43.6 Å². The van der Waals surface area contributed by atoms with Crippen molar-refractivity contribution in [2.75, 3.05) is 24.5 Å². The minimum absolute atomic E-state index is 0.748. The molecule has 1 saturated heterocycles. The van der Waals surface area contributed by atoms with Crippen LogP contribution in [0.1, 0.15) is 24.8 Å². The largest absolute Gasteiger partial charge is 0.371 e. The zero-order valence-corrected chi connectivity index (χ0v) is 10.4. The number of nitrogens with two attached hydrogens (primary N) is 1. The maximum absolute atomic E-state index is 5.70. The summed E-state index contributed by atoms with van der Waals surface area (Å²) < 4.78 is 0. The van der Waals surface area contributed by atoms with Gasteiger partial charge in [-0.3, -0.25) is 0 Å². The molecule has 1 heterocycles. The van der Waals surface area contributed by atoms with E-state index < -0.39 is 0 Å². The summed E-state index contributed by atoms with van der Waals surface area (Å²) in [5, 5.41) is 0. The van der Waals surface area contributed by atoms with Crippen molar-refractivity contribution >= 4 is 5.69 Å². The van der Waals surface area contributed by atoms with Crippen LogP contribution in [0.5, 0.6) is 0 Å². The van der Waals surface area contributed by atoms with Crippen LogP contribution in [0.3, 0.4) is 0 Å². The van der Waals surface area contributed by atoms with Crippen LogP contribution in [0.4, 0.5) is 5.69 Å². The van der Waals surface area contributed by atoms with Crippen LogP contribution < -0.4 is 10.6 Å². The monoisotopic (exact) mass is 230 g/mol. The van der Waals surface area contributed by atoms with E-state index in [1.54, 1.807) is 0 Å². The fourth-order valence-corrected chi connectivity index (χ4v) is 3.62. The third kappa shape index (κ3) is 2.06. The van der Waals surface area contributed by atoms with E-state index in [1.807, 2.05) is 0 Å². The van der Waals surface area contributed by atoms with Crippen molar-refractivity contribution in [1.29, 1.82) is 0 Å². The van der Waals surface area contributed by atoms with E-state index in [0.717, 1.165) is 24.8 Å². The van der Waals surface area contributed by atoms with Crippen LogP contribution in [-0.4, -0.2) is 19.6 Å². The Balaban J connectivity index is 1.80. The number of hydrogen-bond donors (Lipinski definition) is 1. The van der Waals surface area contributed by atoms with Crippen molar-refractivity contribution < 1.29 is 0 Å². The van der Waals surface area contributed by atoms with Crippen LogP contribution in [-0.2, 0) is 6.42 Å². The number of hydrogen-bond acceptors (Lipinski definition) is 2. The fraction of sp³-hybridized carbons (Fsp3) is 0.600. The van der Waals surface area contributed by atoms with Gasteiger partial charge in [-0.1, -0.05) is 24.6 Å². The summed E-state index contributed by atoms with van der Waals surface area (Å²) in [5.74, 6) is 1.92. The summed E-state index contributed by atoms with van der Waals surface area (Å²) in [6, 6.07) is 8.79. The van der Waals surface area contributed by atoms with Crippen LogP contribution in [0.15, 0.2) is 24.3 Å². The Kier molecular flexibility index (Phi) is 3.06. The molecule has 1 aliphatic heterocycles. The highest BCUT2D eigenvalue weighted by molar-refractivity contribution is 5.54. The molecule has 1 aromatic rings. The molecule has 2 heteroatoms. The van der Waals surface area contributed by atoms with E-state index in [0.29, 0.717) is 0 Å². The molecule has 0 amide bonds. The summed E-state index contributed by atoms with van der Waals surface area (Å²) in [7, 11) is 0. The first kappa shape index (κ1) is 11.1. The second-order valence-corrected chi connectivity index (χ2v) is 5.52. The van der Waals surface area contributed by atoms with E-state index in [-0.39, 0.29) is 0 Å². The van der Waals surface area contributed by atoms with Crippen LogP contribution in [0.25, 0.3) is 0 Å². The molecule has 3 rings (SSSR count). The lowest BCUT2D eigenvalue weighted by atomic mass is 10.0. The molecule has 2 N–H and O–H groups in total. The van der Waals surface area contributed by atoms with E-state index in [4.69, 9.17) is 5.73 Å². The van der Waals surface area contributed by atoms with Crippen molar-refractivity contribution in [2.45, 2.75) is 25.7 Å². The minimum Gasteiger partial charge on any atom is -0.371 e. The first-order valence-electron chi connectivity index (χ1n) is 6.91. The van der Waals surface area contributed by atoms with Gasteiger partial charge in [0.15, 0.2) is 0 Å². The standard InChI is InChI=1S/C15H22N2/c16-9-8-12-4-1-2-7-15(12)17-10-13-5-3-6-14(13)11-17/h1-2,4,7,13-14H,3,5-6,8-11,16H2. The van der Waals surface area contributed by atoms with Gasteiger partial charge in [-0.2, -0.15) is 0 Å². The van der Waals surface area contributed by atoms with Gasteiger partial charge in [-0.25, -0.2) is 0 Å². The first-order valence-corrected chi connectivity index (χ1v) is 6.91. The van der Waals surface area contributed by atoms with Gasteiger partial charge in [0.2, 0.25) is 0 Å². The van der Waals surface area contributed by atoms with Gasteiger partial charge >= 0.3 is 0 Å². The van der Waals surface area contributed by atoms with Crippen LogP contribution >= 0.6 is 0 Å². The fourth-order valence-electron chi connectivity index (χ4n) is 3.62. The quantitative estimate of drug-likeness (QED) is 0.864. The Bertz CT molecular complexity index is 376. The number of rotatable bonds is 3. The molecule has 0 aromatic heterocycles. The Morgan fingerprint density at radius 1 is 1.12 bits per heavy atom. The zero-order valence-electron chi connectivity index (χ0n) is 10.4. The van der Waals surface area contributed by atoms with Gasteiger partial charge < -0.3 is 10.6 Å². The molecule has 92 valence electrons. The summed E-state index contributed by atoms with van der Waals surface area (Å²) >= 11 is 0.